The van der Waals surface area contributed by atoms with Gasteiger partial charge in [-0.05, 0) is 80.0 Å². The second kappa shape index (κ2) is 17.0. The molecule has 5 N–H and O–H groups in total. The number of sulfonamides is 1. The molecular weight excluding hydrogens is 626 g/mol. The van der Waals surface area contributed by atoms with Crippen molar-refractivity contribution in [2.45, 2.75) is 72.4 Å². The van der Waals surface area contributed by atoms with Crippen LogP contribution in [0.4, 0.5) is 8.78 Å². The summed E-state index contributed by atoms with van der Waals surface area (Å²) in [5.74, 6) is -4.38. The van der Waals surface area contributed by atoms with E-state index >= 15 is 0 Å². The topological polar surface area (TPSA) is 142 Å². The number of primary amides is 1. The molecule has 0 spiro atoms. The molecule has 0 heterocycles. The van der Waals surface area contributed by atoms with Gasteiger partial charge in [-0.1, -0.05) is 45.0 Å². The van der Waals surface area contributed by atoms with Crippen molar-refractivity contribution in [1.82, 2.24) is 14.9 Å². The number of rotatable bonds is 18. The molecule has 1 unspecified atom stereocenters. The molecule has 3 atom stereocenters. The van der Waals surface area contributed by atoms with Crippen molar-refractivity contribution >= 4 is 21.8 Å². The van der Waals surface area contributed by atoms with Crippen molar-refractivity contribution in [1.29, 1.82) is 0 Å². The maximum Gasteiger partial charge on any atom is 0.249 e. The van der Waals surface area contributed by atoms with Crippen molar-refractivity contribution in [3.63, 3.8) is 0 Å². The first-order chi connectivity index (χ1) is 22.3. The van der Waals surface area contributed by atoms with E-state index < -0.39 is 45.0 Å². The average molecular weight is 675 g/mol. The standard InChI is InChI=1S/C35H48F2N4O5S/c1-5-12-41(13-6-2)33(43)27-18-30(40-47(45,46)8-4)21-35(20-27,34(38)44)31(17-26-15-28(36)19-29(37)16-26)32(42)23-39-22-25-11-9-10-24(7-3)14-25/h9-11,14-16,18-19,21,31-32,39-40,42H,5-8,12-13,17,20,22-23H2,1-4H3,(H2,38,44)/t31-,32+,35?/m1/s1. The van der Waals surface area contributed by atoms with Crippen LogP contribution in [-0.2, 0) is 39.0 Å². The monoisotopic (exact) mass is 674 g/mol. The number of nitrogens with one attached hydrogen (secondary N) is 2. The van der Waals surface area contributed by atoms with Crippen molar-refractivity contribution in [2.24, 2.45) is 17.1 Å². The summed E-state index contributed by atoms with van der Waals surface area (Å²) >= 11 is 0. The molecule has 2 amide bonds. The smallest absolute Gasteiger partial charge is 0.249 e. The fourth-order valence-electron chi connectivity index (χ4n) is 6.12. The highest BCUT2D eigenvalue weighted by Crippen LogP contribution is 2.44. The molecule has 0 fully saturated rings. The molecule has 1 aliphatic rings. The van der Waals surface area contributed by atoms with Crippen LogP contribution in [0.25, 0.3) is 0 Å². The van der Waals surface area contributed by atoms with Gasteiger partial charge in [0.15, 0.2) is 0 Å². The molecule has 258 valence electrons. The Labute approximate surface area is 277 Å². The van der Waals surface area contributed by atoms with Gasteiger partial charge >= 0.3 is 0 Å². The zero-order valence-electron chi connectivity index (χ0n) is 27.7. The number of hydrogen-bond acceptors (Lipinski definition) is 6. The number of nitrogens with zero attached hydrogens (tertiary/aromatic N) is 1. The molecule has 9 nitrogen and oxygen atoms in total. The molecule has 2 aromatic carbocycles. The van der Waals surface area contributed by atoms with Gasteiger partial charge in [-0.2, -0.15) is 0 Å². The lowest BCUT2D eigenvalue weighted by Crippen LogP contribution is -2.52. The highest BCUT2D eigenvalue weighted by Gasteiger charge is 2.49. The molecule has 0 saturated carbocycles. The number of nitrogens with two attached hydrogens (primary N) is 1. The van der Waals surface area contributed by atoms with E-state index in [0.717, 1.165) is 35.7 Å². The molecule has 0 aliphatic heterocycles. The molecule has 0 aromatic heterocycles. The van der Waals surface area contributed by atoms with Crippen LogP contribution in [0.2, 0.25) is 0 Å². The van der Waals surface area contributed by atoms with Gasteiger partial charge in [-0.3, -0.25) is 14.3 Å². The zero-order valence-corrected chi connectivity index (χ0v) is 28.5. The van der Waals surface area contributed by atoms with Gasteiger partial charge in [0.1, 0.15) is 11.6 Å². The van der Waals surface area contributed by atoms with Crippen LogP contribution >= 0.6 is 0 Å². The summed E-state index contributed by atoms with van der Waals surface area (Å²) < 4.78 is 56.6. The van der Waals surface area contributed by atoms with Crippen LogP contribution in [0.5, 0.6) is 0 Å². The Balaban J connectivity index is 2.13. The number of aliphatic hydroxyl groups excluding tert-OH is 1. The number of halogens is 2. The third-order valence-corrected chi connectivity index (χ3v) is 9.78. The number of allylic oxidation sites excluding steroid dienone is 1. The second-order valence-electron chi connectivity index (χ2n) is 12.1. The van der Waals surface area contributed by atoms with E-state index in [0.29, 0.717) is 32.5 Å². The van der Waals surface area contributed by atoms with Crippen molar-refractivity contribution < 1.29 is 31.9 Å². The molecule has 0 bridgehead atoms. The Morgan fingerprint density at radius 3 is 2.21 bits per heavy atom. The van der Waals surface area contributed by atoms with E-state index in [1.54, 1.807) is 4.90 Å². The maximum absolute atomic E-state index is 14.4. The number of aryl methyl sites for hydroxylation is 1. The van der Waals surface area contributed by atoms with E-state index in [-0.39, 0.29) is 47.9 Å². The number of aliphatic hydroxyl groups is 1. The van der Waals surface area contributed by atoms with E-state index in [9.17, 15) is 31.9 Å². The predicted octanol–water partition coefficient (Wildman–Crippen LogP) is 4.11. The summed E-state index contributed by atoms with van der Waals surface area (Å²) in [4.78, 5) is 29.2. The van der Waals surface area contributed by atoms with Gasteiger partial charge in [0, 0.05) is 49.4 Å². The molecule has 2 aromatic rings. The third kappa shape index (κ3) is 10.2. The van der Waals surface area contributed by atoms with Crippen LogP contribution < -0.4 is 15.8 Å². The molecular formula is C35H48F2N4O5S. The maximum atomic E-state index is 14.4. The van der Waals surface area contributed by atoms with Crippen LogP contribution in [0.3, 0.4) is 0 Å². The Hall–Kier alpha value is -3.61. The van der Waals surface area contributed by atoms with Crippen LogP contribution in [0.15, 0.2) is 65.9 Å². The molecule has 1 aliphatic carbocycles. The minimum absolute atomic E-state index is 0.0392. The van der Waals surface area contributed by atoms with Gasteiger partial charge in [0.05, 0.1) is 17.3 Å². The third-order valence-electron chi connectivity index (χ3n) is 8.47. The predicted molar refractivity (Wildman–Crippen MR) is 179 cm³/mol. The van der Waals surface area contributed by atoms with Gasteiger partial charge in [0.2, 0.25) is 21.8 Å². The van der Waals surface area contributed by atoms with Gasteiger partial charge in [-0.15, -0.1) is 0 Å². The SMILES string of the molecule is CCCN(CCC)C(=O)C1=CC(NS(=O)(=O)CC)=CC(C(N)=O)([C@H](Cc2cc(F)cc(F)c2)[C@@H](O)CNCc2cccc(CC)c2)C1. The van der Waals surface area contributed by atoms with Gasteiger partial charge in [-0.25, -0.2) is 17.2 Å². The zero-order chi connectivity index (χ0) is 34.8. The van der Waals surface area contributed by atoms with E-state index in [1.165, 1.54) is 19.1 Å². The first kappa shape index (κ1) is 37.8. The Morgan fingerprint density at radius 2 is 1.64 bits per heavy atom. The molecule has 47 heavy (non-hydrogen) atoms. The van der Waals surface area contributed by atoms with E-state index in [2.05, 4.69) is 10.0 Å². The minimum atomic E-state index is -3.87. The van der Waals surface area contributed by atoms with Crippen molar-refractivity contribution in [3.05, 3.63) is 94.2 Å². The lowest BCUT2D eigenvalue weighted by Gasteiger charge is -2.42. The summed E-state index contributed by atoms with van der Waals surface area (Å²) in [6.07, 6.45) is 3.17. The molecule has 0 radical (unpaired) electrons. The molecule has 12 heteroatoms. The molecule has 0 saturated heterocycles. The number of carbonyl (C=O) groups excluding carboxylic acids is 2. The Bertz CT molecular complexity index is 1550. The van der Waals surface area contributed by atoms with Gasteiger partial charge < -0.3 is 21.1 Å². The highest BCUT2D eigenvalue weighted by molar-refractivity contribution is 7.89. The van der Waals surface area contributed by atoms with Crippen molar-refractivity contribution in [2.75, 3.05) is 25.4 Å². The van der Waals surface area contributed by atoms with Crippen molar-refractivity contribution in [3.8, 4) is 0 Å². The Kier molecular flexibility index (Phi) is 13.7. The fraction of sp³-hybridized carbons (Fsp3) is 0.486. The number of carbonyl (C=O) groups is 2. The average Bonchev–Trinajstić information content (AvgIpc) is 3.02. The van der Waals surface area contributed by atoms with Crippen LogP contribution in [-0.4, -0.2) is 61.7 Å². The first-order valence-electron chi connectivity index (χ1n) is 16.2. The fourth-order valence-corrected chi connectivity index (χ4v) is 6.74. The lowest BCUT2D eigenvalue weighted by atomic mass is 9.63. The summed E-state index contributed by atoms with van der Waals surface area (Å²) in [5, 5.41) is 15.0. The summed E-state index contributed by atoms with van der Waals surface area (Å²) in [7, 11) is -3.87. The van der Waals surface area contributed by atoms with E-state index in [4.69, 9.17) is 5.73 Å². The minimum Gasteiger partial charge on any atom is -0.391 e. The highest BCUT2D eigenvalue weighted by atomic mass is 32.2. The van der Waals surface area contributed by atoms with Gasteiger partial charge in [0.25, 0.3) is 0 Å². The quantitative estimate of drug-likeness (QED) is 0.188. The van der Waals surface area contributed by atoms with E-state index in [1.807, 2.05) is 45.0 Å². The van der Waals surface area contributed by atoms with Crippen LogP contribution in [0.1, 0.15) is 63.6 Å². The number of amides is 2. The lowest BCUT2D eigenvalue weighted by molar-refractivity contribution is -0.132. The normalized spacial score (nSPS) is 17.8. The summed E-state index contributed by atoms with van der Waals surface area (Å²) in [6, 6.07) is 10.9. The summed E-state index contributed by atoms with van der Waals surface area (Å²) in [6.45, 7) is 8.56. The van der Waals surface area contributed by atoms with Crippen LogP contribution in [0, 0.1) is 23.0 Å². The molecule has 3 rings (SSSR count). The Morgan fingerprint density at radius 1 is 1.00 bits per heavy atom. The summed E-state index contributed by atoms with van der Waals surface area (Å²) in [5.41, 5.74) is 6.68. The number of benzene rings is 2. The number of hydrogen-bond donors (Lipinski definition) is 4. The first-order valence-corrected chi connectivity index (χ1v) is 17.9. The largest absolute Gasteiger partial charge is 0.391 e. The second-order valence-corrected chi connectivity index (χ2v) is 14.1.